The molecule has 2 fully saturated rings. The van der Waals surface area contributed by atoms with E-state index >= 15 is 0 Å². The lowest BCUT2D eigenvalue weighted by atomic mass is 9.81. The van der Waals surface area contributed by atoms with E-state index in [1.807, 2.05) is 0 Å². The van der Waals surface area contributed by atoms with Gasteiger partial charge in [-0.15, -0.1) is 0 Å². The Hall–Kier alpha value is -1.79. The highest BCUT2D eigenvalue weighted by Crippen LogP contribution is 2.28. The van der Waals surface area contributed by atoms with Gasteiger partial charge in [-0.3, -0.25) is 9.69 Å². The molecule has 4 amide bonds. The first-order valence-electron chi connectivity index (χ1n) is 8.61. The Morgan fingerprint density at radius 2 is 1.74 bits per heavy atom. The molecular weight excluding hydrogens is 298 g/mol. The third-order valence-corrected chi connectivity index (χ3v) is 4.79. The summed E-state index contributed by atoms with van der Waals surface area (Å²) >= 11 is 0. The lowest BCUT2D eigenvalue weighted by molar-refractivity contribution is -0.127. The van der Waals surface area contributed by atoms with Crippen molar-refractivity contribution in [3.63, 3.8) is 0 Å². The van der Waals surface area contributed by atoms with Crippen LogP contribution in [0.1, 0.15) is 51.4 Å². The first-order chi connectivity index (χ1) is 11.1. The highest BCUT2D eigenvalue weighted by atomic mass is 16.4. The van der Waals surface area contributed by atoms with Crippen molar-refractivity contribution in [2.24, 2.45) is 11.8 Å². The highest BCUT2D eigenvalue weighted by molar-refractivity contribution is 5.94. The molecule has 2 unspecified atom stereocenters. The zero-order valence-corrected chi connectivity index (χ0v) is 13.6. The van der Waals surface area contributed by atoms with Gasteiger partial charge in [-0.2, -0.15) is 0 Å². The average molecular weight is 325 g/mol. The molecule has 0 radical (unpaired) electrons. The molecule has 0 aromatic carbocycles. The fourth-order valence-corrected chi connectivity index (χ4v) is 3.53. The lowest BCUT2D eigenvalue weighted by Gasteiger charge is -2.29. The average Bonchev–Trinajstić information content (AvgIpc) is 2.75. The van der Waals surface area contributed by atoms with E-state index in [0.717, 1.165) is 44.9 Å². The fraction of sp³-hybridized carbons (Fsp3) is 0.812. The van der Waals surface area contributed by atoms with E-state index in [-0.39, 0.29) is 11.9 Å². The number of imide groups is 1. The zero-order chi connectivity index (χ0) is 16.7. The Bertz CT molecular complexity index is 441. The van der Waals surface area contributed by atoms with Gasteiger partial charge in [0.2, 0.25) is 5.91 Å². The Morgan fingerprint density at radius 1 is 1.04 bits per heavy atom. The number of nitrogens with zero attached hydrogens (tertiary/aromatic N) is 1. The van der Waals surface area contributed by atoms with E-state index < -0.39 is 6.09 Å². The highest BCUT2D eigenvalue weighted by Gasteiger charge is 2.26. The summed E-state index contributed by atoms with van der Waals surface area (Å²) in [6.45, 7) is 1.55. The van der Waals surface area contributed by atoms with Gasteiger partial charge in [-0.25, -0.2) is 9.59 Å². The van der Waals surface area contributed by atoms with Crippen molar-refractivity contribution in [2.45, 2.75) is 51.4 Å². The topological polar surface area (TPSA) is 98.7 Å². The van der Waals surface area contributed by atoms with Crippen LogP contribution in [-0.4, -0.2) is 47.7 Å². The summed E-state index contributed by atoms with van der Waals surface area (Å²) in [5.74, 6) is 0.615. The van der Waals surface area contributed by atoms with E-state index in [1.54, 1.807) is 0 Å². The summed E-state index contributed by atoms with van der Waals surface area (Å²) in [6, 6.07) is -0.275. The molecule has 1 aliphatic carbocycles. The SMILES string of the molecule is O=C(O)NCC1CCCC(CNC(=O)N2CCCCCC2=O)C1. The van der Waals surface area contributed by atoms with Crippen LogP contribution in [0, 0.1) is 11.8 Å². The predicted molar refractivity (Wildman–Crippen MR) is 85.1 cm³/mol. The molecule has 1 saturated carbocycles. The summed E-state index contributed by atoms with van der Waals surface area (Å²) in [5.41, 5.74) is 0. The van der Waals surface area contributed by atoms with Crippen LogP contribution in [0.5, 0.6) is 0 Å². The van der Waals surface area contributed by atoms with Gasteiger partial charge in [-0.1, -0.05) is 12.8 Å². The van der Waals surface area contributed by atoms with Crippen LogP contribution in [0.4, 0.5) is 9.59 Å². The summed E-state index contributed by atoms with van der Waals surface area (Å²) in [5, 5.41) is 14.0. The van der Waals surface area contributed by atoms with Crippen molar-refractivity contribution in [1.29, 1.82) is 0 Å². The molecule has 3 N–H and O–H groups in total. The number of carbonyl (C=O) groups is 3. The summed E-state index contributed by atoms with van der Waals surface area (Å²) in [6.07, 6.45) is 6.24. The van der Waals surface area contributed by atoms with Crippen LogP contribution in [-0.2, 0) is 4.79 Å². The molecule has 1 aliphatic heterocycles. The molecule has 7 heteroatoms. The van der Waals surface area contributed by atoms with Crippen LogP contribution in [0.3, 0.4) is 0 Å². The molecule has 0 aromatic rings. The number of rotatable bonds is 4. The number of hydrogen-bond acceptors (Lipinski definition) is 3. The monoisotopic (exact) mass is 325 g/mol. The Labute approximate surface area is 136 Å². The minimum Gasteiger partial charge on any atom is -0.465 e. The van der Waals surface area contributed by atoms with E-state index in [1.165, 1.54) is 4.90 Å². The van der Waals surface area contributed by atoms with Gasteiger partial charge in [0, 0.05) is 26.1 Å². The second-order valence-electron chi connectivity index (χ2n) is 6.63. The van der Waals surface area contributed by atoms with E-state index in [9.17, 15) is 14.4 Å². The molecule has 1 heterocycles. The van der Waals surface area contributed by atoms with E-state index in [0.29, 0.717) is 37.9 Å². The summed E-state index contributed by atoms with van der Waals surface area (Å²) < 4.78 is 0. The standard InChI is InChI=1S/C16H27N3O4/c20-14-7-2-1-3-8-19(14)15(21)17-10-12-5-4-6-13(9-12)11-18-16(22)23/h12-13,18H,1-11H2,(H,17,21)(H,22,23). The molecule has 23 heavy (non-hydrogen) atoms. The van der Waals surface area contributed by atoms with Crippen molar-refractivity contribution < 1.29 is 19.5 Å². The minimum atomic E-state index is -0.986. The van der Waals surface area contributed by atoms with Crippen molar-refractivity contribution >= 4 is 18.0 Å². The molecule has 2 rings (SSSR count). The molecular formula is C16H27N3O4. The number of hydrogen-bond donors (Lipinski definition) is 3. The second-order valence-corrected chi connectivity index (χ2v) is 6.63. The van der Waals surface area contributed by atoms with Crippen LogP contribution in [0.25, 0.3) is 0 Å². The smallest absolute Gasteiger partial charge is 0.404 e. The van der Waals surface area contributed by atoms with Gasteiger partial charge in [0.1, 0.15) is 0 Å². The summed E-state index contributed by atoms with van der Waals surface area (Å²) in [7, 11) is 0. The maximum Gasteiger partial charge on any atom is 0.404 e. The molecule has 130 valence electrons. The third-order valence-electron chi connectivity index (χ3n) is 4.79. The Morgan fingerprint density at radius 3 is 2.43 bits per heavy atom. The minimum absolute atomic E-state index is 0.0767. The molecule has 7 nitrogen and oxygen atoms in total. The van der Waals surface area contributed by atoms with Gasteiger partial charge in [0.05, 0.1) is 0 Å². The van der Waals surface area contributed by atoms with Gasteiger partial charge in [0.25, 0.3) is 0 Å². The van der Waals surface area contributed by atoms with Gasteiger partial charge in [0.15, 0.2) is 0 Å². The number of likely N-dealkylation sites (tertiary alicyclic amines) is 1. The second kappa shape index (κ2) is 8.74. The van der Waals surface area contributed by atoms with Crippen LogP contribution in [0.15, 0.2) is 0 Å². The maximum absolute atomic E-state index is 12.2. The van der Waals surface area contributed by atoms with Crippen molar-refractivity contribution in [3.8, 4) is 0 Å². The quantitative estimate of drug-likeness (QED) is 0.737. The van der Waals surface area contributed by atoms with E-state index in [4.69, 9.17) is 5.11 Å². The number of nitrogens with one attached hydrogen (secondary N) is 2. The first-order valence-corrected chi connectivity index (χ1v) is 8.61. The number of amides is 4. The van der Waals surface area contributed by atoms with E-state index in [2.05, 4.69) is 10.6 Å². The molecule has 2 atom stereocenters. The summed E-state index contributed by atoms with van der Waals surface area (Å²) in [4.78, 5) is 36.0. The van der Waals surface area contributed by atoms with Crippen LogP contribution < -0.4 is 10.6 Å². The molecule has 0 spiro atoms. The van der Waals surface area contributed by atoms with Crippen molar-refractivity contribution in [2.75, 3.05) is 19.6 Å². The largest absolute Gasteiger partial charge is 0.465 e. The molecule has 0 bridgehead atoms. The number of urea groups is 1. The van der Waals surface area contributed by atoms with Crippen LogP contribution in [0.2, 0.25) is 0 Å². The maximum atomic E-state index is 12.2. The van der Waals surface area contributed by atoms with Crippen molar-refractivity contribution in [3.05, 3.63) is 0 Å². The third kappa shape index (κ3) is 5.73. The zero-order valence-electron chi connectivity index (χ0n) is 13.6. The van der Waals surface area contributed by atoms with Gasteiger partial charge < -0.3 is 15.7 Å². The predicted octanol–water partition coefficient (Wildman–Crippen LogP) is 2.17. The lowest BCUT2D eigenvalue weighted by Crippen LogP contribution is -2.45. The Balaban J connectivity index is 1.74. The normalized spacial score (nSPS) is 25.6. The number of carbonyl (C=O) groups excluding carboxylic acids is 2. The Kier molecular flexibility index (Phi) is 6.67. The van der Waals surface area contributed by atoms with Crippen molar-refractivity contribution in [1.82, 2.24) is 15.5 Å². The van der Waals surface area contributed by atoms with Gasteiger partial charge in [-0.05, 0) is 43.9 Å². The molecule has 0 aromatic heterocycles. The molecule has 2 aliphatic rings. The van der Waals surface area contributed by atoms with Crippen LogP contribution >= 0.6 is 0 Å². The fourth-order valence-electron chi connectivity index (χ4n) is 3.53. The molecule has 1 saturated heterocycles. The van der Waals surface area contributed by atoms with Gasteiger partial charge >= 0.3 is 12.1 Å². The number of carboxylic acid groups (broad SMARTS) is 1. The first kappa shape index (κ1) is 17.6.